The molecule has 0 heterocycles. The minimum atomic E-state index is -0.433. The maximum absolute atomic E-state index is 11.6. The zero-order valence-electron chi connectivity index (χ0n) is 9.99. The molecule has 15 heavy (non-hydrogen) atoms. The third-order valence-electron chi connectivity index (χ3n) is 2.38. The first-order valence-electron chi connectivity index (χ1n) is 5.68. The van der Waals surface area contributed by atoms with Gasteiger partial charge in [0.1, 0.15) is 0 Å². The quantitative estimate of drug-likeness (QED) is 0.584. The van der Waals surface area contributed by atoms with Crippen molar-refractivity contribution in [2.75, 3.05) is 6.61 Å². The van der Waals surface area contributed by atoms with E-state index in [0.29, 0.717) is 18.8 Å². The Hall–Kier alpha value is -0.610. The lowest BCUT2D eigenvalue weighted by Crippen LogP contribution is -2.46. The molecule has 0 fully saturated rings. The molecule has 0 aromatic heterocycles. The van der Waals surface area contributed by atoms with E-state index >= 15 is 0 Å². The van der Waals surface area contributed by atoms with Gasteiger partial charge in [0, 0.05) is 12.6 Å². The number of aliphatic hydroxyl groups is 1. The van der Waals surface area contributed by atoms with Crippen molar-refractivity contribution in [1.29, 1.82) is 0 Å². The molecule has 90 valence electrons. The van der Waals surface area contributed by atoms with E-state index < -0.39 is 6.04 Å². The van der Waals surface area contributed by atoms with E-state index in [-0.39, 0.29) is 18.6 Å². The van der Waals surface area contributed by atoms with Crippen LogP contribution in [-0.4, -0.2) is 29.7 Å². The second kappa shape index (κ2) is 7.65. The molecule has 0 bridgehead atoms. The lowest BCUT2D eigenvalue weighted by Gasteiger charge is -2.19. The van der Waals surface area contributed by atoms with Crippen LogP contribution in [0.2, 0.25) is 0 Å². The first-order valence-corrected chi connectivity index (χ1v) is 5.68. The standard InChI is InChI=1S/C11H24N2O2/c1-4-9(5-6-14)13-11(15)10(12)7-8(2)3/h8-10,14H,4-7,12H2,1-3H3,(H,13,15)/t9?,10-/m0/s1. The lowest BCUT2D eigenvalue weighted by atomic mass is 10.0. The molecule has 2 atom stereocenters. The van der Waals surface area contributed by atoms with Crippen LogP contribution in [0.5, 0.6) is 0 Å². The highest BCUT2D eigenvalue weighted by Gasteiger charge is 2.17. The molecule has 4 nitrogen and oxygen atoms in total. The minimum Gasteiger partial charge on any atom is -0.396 e. The van der Waals surface area contributed by atoms with Crippen LogP contribution in [0, 0.1) is 5.92 Å². The second-order valence-electron chi connectivity index (χ2n) is 4.36. The molecule has 0 aliphatic carbocycles. The fourth-order valence-corrected chi connectivity index (χ4v) is 1.46. The Labute approximate surface area is 92.2 Å². The van der Waals surface area contributed by atoms with E-state index in [1.807, 2.05) is 20.8 Å². The van der Waals surface area contributed by atoms with E-state index in [0.717, 1.165) is 6.42 Å². The molecule has 0 aromatic carbocycles. The number of hydrogen-bond donors (Lipinski definition) is 3. The summed E-state index contributed by atoms with van der Waals surface area (Å²) in [6.07, 6.45) is 2.11. The van der Waals surface area contributed by atoms with Crippen LogP contribution >= 0.6 is 0 Å². The van der Waals surface area contributed by atoms with Gasteiger partial charge in [0.15, 0.2) is 0 Å². The van der Waals surface area contributed by atoms with Gasteiger partial charge in [-0.3, -0.25) is 4.79 Å². The molecule has 0 saturated carbocycles. The smallest absolute Gasteiger partial charge is 0.237 e. The highest BCUT2D eigenvalue weighted by Crippen LogP contribution is 2.04. The van der Waals surface area contributed by atoms with E-state index in [4.69, 9.17) is 10.8 Å². The molecule has 0 aliphatic rings. The number of hydrogen-bond acceptors (Lipinski definition) is 3. The van der Waals surface area contributed by atoms with Gasteiger partial charge in [-0.05, 0) is 25.2 Å². The molecule has 0 spiro atoms. The topological polar surface area (TPSA) is 75.3 Å². The molecule has 4 heteroatoms. The molecule has 4 N–H and O–H groups in total. The average Bonchev–Trinajstić information content (AvgIpc) is 2.15. The van der Waals surface area contributed by atoms with Gasteiger partial charge >= 0.3 is 0 Å². The Morgan fingerprint density at radius 2 is 2.07 bits per heavy atom. The molecule has 1 amide bonds. The predicted octanol–water partition coefficient (Wildman–Crippen LogP) is 0.637. The lowest BCUT2D eigenvalue weighted by molar-refractivity contribution is -0.123. The number of amides is 1. The van der Waals surface area contributed by atoms with Gasteiger partial charge in [0.05, 0.1) is 6.04 Å². The number of nitrogens with two attached hydrogens (primary N) is 1. The van der Waals surface area contributed by atoms with Gasteiger partial charge in [-0.2, -0.15) is 0 Å². The number of carbonyl (C=O) groups excluding carboxylic acids is 1. The summed E-state index contributed by atoms with van der Waals surface area (Å²) in [7, 11) is 0. The normalized spacial score (nSPS) is 15.1. The summed E-state index contributed by atoms with van der Waals surface area (Å²) >= 11 is 0. The maximum Gasteiger partial charge on any atom is 0.237 e. The Morgan fingerprint density at radius 3 is 2.47 bits per heavy atom. The van der Waals surface area contributed by atoms with Gasteiger partial charge in [-0.15, -0.1) is 0 Å². The summed E-state index contributed by atoms with van der Waals surface area (Å²) in [4.78, 5) is 11.6. The zero-order valence-corrected chi connectivity index (χ0v) is 9.99. The largest absolute Gasteiger partial charge is 0.396 e. The van der Waals surface area contributed by atoms with Gasteiger partial charge in [-0.1, -0.05) is 20.8 Å². The highest BCUT2D eigenvalue weighted by atomic mass is 16.3. The predicted molar refractivity (Wildman–Crippen MR) is 61.4 cm³/mol. The SMILES string of the molecule is CCC(CCO)NC(=O)[C@@H](N)CC(C)C. The third kappa shape index (κ3) is 6.47. The fourth-order valence-electron chi connectivity index (χ4n) is 1.46. The molecule has 0 aliphatic heterocycles. The molecule has 0 rings (SSSR count). The summed E-state index contributed by atoms with van der Waals surface area (Å²) in [5.41, 5.74) is 5.74. The minimum absolute atomic E-state index is 0.0423. The molecular weight excluding hydrogens is 192 g/mol. The van der Waals surface area contributed by atoms with Crippen molar-refractivity contribution in [3.63, 3.8) is 0 Å². The van der Waals surface area contributed by atoms with Gasteiger partial charge in [0.2, 0.25) is 5.91 Å². The van der Waals surface area contributed by atoms with Crippen LogP contribution in [0.1, 0.15) is 40.0 Å². The molecule has 0 saturated heterocycles. The van der Waals surface area contributed by atoms with Crippen molar-refractivity contribution in [3.05, 3.63) is 0 Å². The number of nitrogens with one attached hydrogen (secondary N) is 1. The second-order valence-corrected chi connectivity index (χ2v) is 4.36. The van der Waals surface area contributed by atoms with Gasteiger partial charge in [-0.25, -0.2) is 0 Å². The highest BCUT2D eigenvalue weighted by molar-refractivity contribution is 5.81. The van der Waals surface area contributed by atoms with Crippen molar-refractivity contribution < 1.29 is 9.90 Å². The summed E-state index contributed by atoms with van der Waals surface area (Å²) < 4.78 is 0. The molecule has 1 unspecified atom stereocenters. The summed E-state index contributed by atoms with van der Waals surface area (Å²) in [5, 5.41) is 11.6. The first kappa shape index (κ1) is 14.4. The Balaban J connectivity index is 3.98. The first-order chi connectivity index (χ1) is 7.01. The van der Waals surface area contributed by atoms with E-state index in [1.54, 1.807) is 0 Å². The van der Waals surface area contributed by atoms with Crippen molar-refractivity contribution in [1.82, 2.24) is 5.32 Å². The van der Waals surface area contributed by atoms with Gasteiger partial charge in [0.25, 0.3) is 0 Å². The average molecular weight is 216 g/mol. The van der Waals surface area contributed by atoms with E-state index in [1.165, 1.54) is 0 Å². The number of aliphatic hydroxyl groups excluding tert-OH is 1. The van der Waals surface area contributed by atoms with E-state index in [9.17, 15) is 4.79 Å². The van der Waals surface area contributed by atoms with Crippen molar-refractivity contribution in [2.24, 2.45) is 11.7 Å². The van der Waals surface area contributed by atoms with Crippen LogP contribution < -0.4 is 11.1 Å². The summed E-state index contributed by atoms with van der Waals surface area (Å²) in [5.74, 6) is 0.313. The van der Waals surface area contributed by atoms with Gasteiger partial charge < -0.3 is 16.2 Å². The summed E-state index contributed by atoms with van der Waals surface area (Å²) in [6.45, 7) is 6.16. The fraction of sp³-hybridized carbons (Fsp3) is 0.909. The van der Waals surface area contributed by atoms with E-state index in [2.05, 4.69) is 5.32 Å². The molecule has 0 aromatic rings. The van der Waals surface area contributed by atoms with Crippen molar-refractivity contribution in [2.45, 2.75) is 52.1 Å². The molecule has 0 radical (unpaired) electrons. The monoisotopic (exact) mass is 216 g/mol. The Morgan fingerprint density at radius 1 is 1.47 bits per heavy atom. The van der Waals surface area contributed by atoms with Crippen molar-refractivity contribution >= 4 is 5.91 Å². The third-order valence-corrected chi connectivity index (χ3v) is 2.38. The van der Waals surface area contributed by atoms with Crippen LogP contribution in [0.25, 0.3) is 0 Å². The molecular formula is C11H24N2O2. The van der Waals surface area contributed by atoms with Crippen LogP contribution in [0.3, 0.4) is 0 Å². The zero-order chi connectivity index (χ0) is 11.8. The van der Waals surface area contributed by atoms with Crippen LogP contribution in [-0.2, 0) is 4.79 Å². The Bertz CT molecular complexity index is 183. The van der Waals surface area contributed by atoms with Crippen LogP contribution in [0.4, 0.5) is 0 Å². The number of rotatable bonds is 7. The van der Waals surface area contributed by atoms with Crippen molar-refractivity contribution in [3.8, 4) is 0 Å². The number of carbonyl (C=O) groups is 1. The summed E-state index contributed by atoms with van der Waals surface area (Å²) in [6, 6.07) is -0.390. The maximum atomic E-state index is 11.6. The van der Waals surface area contributed by atoms with Crippen LogP contribution in [0.15, 0.2) is 0 Å². The Kier molecular flexibility index (Phi) is 7.34.